The number of rotatable bonds is 4. The molecule has 1 aliphatic heterocycles. The molecule has 1 heterocycles. The maximum Gasteiger partial charge on any atom is 0.0803 e. The van der Waals surface area contributed by atoms with Crippen LogP contribution < -0.4 is 0 Å². The summed E-state index contributed by atoms with van der Waals surface area (Å²) in [5.74, 6) is 0. The fourth-order valence-corrected chi connectivity index (χ4v) is 5.24. The van der Waals surface area contributed by atoms with E-state index in [1.54, 1.807) is 0 Å². The van der Waals surface area contributed by atoms with E-state index in [9.17, 15) is 0 Å². The molecule has 190 valence electrons. The van der Waals surface area contributed by atoms with Gasteiger partial charge in [-0.25, -0.2) is 9.98 Å². The molecule has 6 rings (SSSR count). The maximum absolute atomic E-state index is 5.30. The molecule has 0 aliphatic carbocycles. The normalized spacial score (nSPS) is 15.6. The third-order valence-corrected chi connectivity index (χ3v) is 7.76. The molecule has 0 spiro atoms. The number of hydrogen-bond acceptors (Lipinski definition) is 2. The Balaban J connectivity index is 1.47. The first kappa shape index (κ1) is 24.8. The van der Waals surface area contributed by atoms with Gasteiger partial charge in [0, 0.05) is 27.7 Å². The Morgan fingerprint density at radius 3 is 1.26 bits per heavy atom. The van der Waals surface area contributed by atoms with Crippen LogP contribution in [0.3, 0.4) is 0 Å². The van der Waals surface area contributed by atoms with E-state index in [0.29, 0.717) is 0 Å². The van der Waals surface area contributed by atoms with Crippen molar-refractivity contribution in [1.82, 2.24) is 0 Å². The standard InChI is InChI=1S/C37H32N2/c1-25-13-17-27(18-14-25)35-31-9-5-7-11-33(31)39-36(32-10-6-8-12-34(32)38-35)28-19-23-30(24-20-28)37(3,4)29-21-15-26(2)16-22-29/h5-24H,1-4H3/b35-31?,36-32?,38-34?,38-35-,39-33?,39-36-. The van der Waals surface area contributed by atoms with Crippen molar-refractivity contribution in [2.45, 2.75) is 33.1 Å². The lowest BCUT2D eigenvalue weighted by Crippen LogP contribution is -2.19. The molecule has 5 aromatic rings. The number of hydrogen-bond donors (Lipinski definition) is 0. The van der Waals surface area contributed by atoms with Crippen LogP contribution in [0.15, 0.2) is 131 Å². The Labute approximate surface area is 231 Å². The highest BCUT2D eigenvalue weighted by Gasteiger charge is 2.24. The van der Waals surface area contributed by atoms with E-state index in [1.165, 1.54) is 22.3 Å². The third-order valence-electron chi connectivity index (χ3n) is 7.76. The number of benzene rings is 5. The highest BCUT2D eigenvalue weighted by molar-refractivity contribution is 6.22. The van der Waals surface area contributed by atoms with Crippen molar-refractivity contribution < 1.29 is 0 Å². The Bertz CT molecular complexity index is 1700. The van der Waals surface area contributed by atoms with Crippen LogP contribution in [0.4, 0.5) is 11.4 Å². The number of aryl methyl sites for hydroxylation is 2. The minimum Gasteiger partial charge on any atom is -0.247 e. The average molecular weight is 505 g/mol. The number of aliphatic imine (C=N–C) groups is 2. The van der Waals surface area contributed by atoms with Crippen LogP contribution in [0, 0.1) is 13.8 Å². The highest BCUT2D eigenvalue weighted by atomic mass is 14.8. The molecule has 0 bridgehead atoms. The van der Waals surface area contributed by atoms with Gasteiger partial charge in [-0.05, 0) is 37.1 Å². The van der Waals surface area contributed by atoms with Crippen LogP contribution in [-0.4, -0.2) is 11.4 Å². The number of para-hydroxylation sites is 2. The molecule has 39 heavy (non-hydrogen) atoms. The van der Waals surface area contributed by atoms with E-state index in [0.717, 1.165) is 45.1 Å². The molecule has 0 atom stereocenters. The maximum atomic E-state index is 5.30. The van der Waals surface area contributed by atoms with E-state index in [1.807, 2.05) is 12.1 Å². The predicted molar refractivity (Wildman–Crippen MR) is 164 cm³/mol. The molecule has 0 unspecified atom stereocenters. The Hall–Kier alpha value is -4.56. The summed E-state index contributed by atoms with van der Waals surface area (Å²) in [5.41, 5.74) is 12.9. The summed E-state index contributed by atoms with van der Waals surface area (Å²) in [6.07, 6.45) is 0. The van der Waals surface area contributed by atoms with Crippen LogP contribution in [0.5, 0.6) is 0 Å². The van der Waals surface area contributed by atoms with Crippen molar-refractivity contribution in [2.75, 3.05) is 0 Å². The zero-order chi connectivity index (χ0) is 27.0. The van der Waals surface area contributed by atoms with Crippen LogP contribution in [0.2, 0.25) is 0 Å². The van der Waals surface area contributed by atoms with E-state index in [4.69, 9.17) is 9.98 Å². The van der Waals surface area contributed by atoms with Crippen molar-refractivity contribution in [1.29, 1.82) is 0 Å². The molecule has 0 N–H and O–H groups in total. The quantitative estimate of drug-likeness (QED) is 0.228. The van der Waals surface area contributed by atoms with E-state index in [2.05, 4.69) is 137 Å². The van der Waals surface area contributed by atoms with Gasteiger partial charge < -0.3 is 0 Å². The summed E-state index contributed by atoms with van der Waals surface area (Å²) < 4.78 is 0. The zero-order valence-electron chi connectivity index (χ0n) is 22.9. The monoisotopic (exact) mass is 504 g/mol. The summed E-state index contributed by atoms with van der Waals surface area (Å²) in [6.45, 7) is 8.81. The van der Waals surface area contributed by atoms with Crippen LogP contribution in [-0.2, 0) is 5.41 Å². The van der Waals surface area contributed by atoms with Crippen molar-refractivity contribution in [2.24, 2.45) is 9.98 Å². The number of nitrogens with zero attached hydrogens (tertiary/aromatic N) is 2. The van der Waals surface area contributed by atoms with E-state index in [-0.39, 0.29) is 5.41 Å². The molecular formula is C37H32N2. The SMILES string of the molecule is Cc1ccc(/C2=N/c3ccccc3/C(c3ccc(C(C)(C)c4ccc(C)cc4)cc3)=N\c3ccccc32)cc1. The minimum atomic E-state index is -0.104. The average Bonchev–Trinajstić information content (AvgIpc) is 2.95. The van der Waals surface area contributed by atoms with Gasteiger partial charge in [-0.3, -0.25) is 0 Å². The molecule has 0 saturated carbocycles. The third kappa shape index (κ3) is 4.75. The largest absolute Gasteiger partial charge is 0.247 e. The Kier molecular flexibility index (Phi) is 6.32. The van der Waals surface area contributed by atoms with Gasteiger partial charge in [0.25, 0.3) is 0 Å². The molecule has 0 aromatic heterocycles. The van der Waals surface area contributed by atoms with Gasteiger partial charge in [-0.2, -0.15) is 0 Å². The summed E-state index contributed by atoms with van der Waals surface area (Å²) in [5, 5.41) is 0. The lowest BCUT2D eigenvalue weighted by molar-refractivity contribution is 0.640. The first-order valence-corrected chi connectivity index (χ1v) is 13.5. The second kappa shape index (κ2) is 9.96. The lowest BCUT2D eigenvalue weighted by Gasteiger charge is -2.26. The van der Waals surface area contributed by atoms with E-state index < -0.39 is 0 Å². The molecular weight excluding hydrogens is 472 g/mol. The fourth-order valence-electron chi connectivity index (χ4n) is 5.24. The van der Waals surface area contributed by atoms with Crippen LogP contribution in [0.25, 0.3) is 0 Å². The first-order chi connectivity index (χ1) is 18.9. The summed E-state index contributed by atoms with van der Waals surface area (Å²) in [7, 11) is 0. The minimum absolute atomic E-state index is 0.104. The lowest BCUT2D eigenvalue weighted by atomic mass is 9.77. The molecule has 2 heteroatoms. The van der Waals surface area contributed by atoms with Crippen molar-refractivity contribution in [3.63, 3.8) is 0 Å². The molecule has 5 aromatic carbocycles. The molecule has 0 saturated heterocycles. The van der Waals surface area contributed by atoms with Crippen molar-refractivity contribution in [3.8, 4) is 0 Å². The van der Waals surface area contributed by atoms with E-state index >= 15 is 0 Å². The highest BCUT2D eigenvalue weighted by Crippen LogP contribution is 2.35. The Morgan fingerprint density at radius 2 is 0.795 bits per heavy atom. The number of fused-ring (bicyclic) bond motifs is 2. The molecule has 1 aliphatic rings. The molecule has 0 fully saturated rings. The second-order valence-electron chi connectivity index (χ2n) is 10.9. The topological polar surface area (TPSA) is 24.7 Å². The fraction of sp³-hybridized carbons (Fsp3) is 0.135. The smallest absolute Gasteiger partial charge is 0.0803 e. The van der Waals surface area contributed by atoms with Gasteiger partial charge in [0.1, 0.15) is 0 Å². The first-order valence-electron chi connectivity index (χ1n) is 13.5. The van der Waals surface area contributed by atoms with Gasteiger partial charge in [0.2, 0.25) is 0 Å². The van der Waals surface area contributed by atoms with Gasteiger partial charge in [0.05, 0.1) is 22.8 Å². The van der Waals surface area contributed by atoms with Gasteiger partial charge in [0.15, 0.2) is 0 Å². The summed E-state index contributed by atoms with van der Waals surface area (Å²) in [4.78, 5) is 10.6. The van der Waals surface area contributed by atoms with Crippen LogP contribution >= 0.6 is 0 Å². The second-order valence-corrected chi connectivity index (χ2v) is 10.9. The van der Waals surface area contributed by atoms with Crippen LogP contribution in [0.1, 0.15) is 58.4 Å². The van der Waals surface area contributed by atoms with Gasteiger partial charge in [-0.1, -0.05) is 134 Å². The van der Waals surface area contributed by atoms with Crippen molar-refractivity contribution >= 4 is 22.8 Å². The van der Waals surface area contributed by atoms with Gasteiger partial charge >= 0.3 is 0 Å². The zero-order valence-corrected chi connectivity index (χ0v) is 22.9. The Morgan fingerprint density at radius 1 is 0.436 bits per heavy atom. The molecule has 0 radical (unpaired) electrons. The summed E-state index contributed by atoms with van der Waals surface area (Å²) >= 11 is 0. The molecule has 0 amide bonds. The molecule has 2 nitrogen and oxygen atoms in total. The summed E-state index contributed by atoms with van der Waals surface area (Å²) in [6, 6.07) is 43.0. The van der Waals surface area contributed by atoms with Crippen molar-refractivity contribution in [3.05, 3.63) is 166 Å². The van der Waals surface area contributed by atoms with Gasteiger partial charge in [-0.15, -0.1) is 0 Å². The predicted octanol–water partition coefficient (Wildman–Crippen LogP) is 9.28.